The van der Waals surface area contributed by atoms with Gasteiger partial charge in [-0.3, -0.25) is 10.1 Å². The summed E-state index contributed by atoms with van der Waals surface area (Å²) in [6, 6.07) is 4.43. The Morgan fingerprint density at radius 2 is 2.32 bits per heavy atom. The molecule has 0 amide bonds. The van der Waals surface area contributed by atoms with E-state index in [4.69, 9.17) is 0 Å². The average molecular weight is 337 g/mol. The molecule has 5 nitrogen and oxygen atoms in total. The monoisotopic (exact) mass is 336 g/mol. The van der Waals surface area contributed by atoms with Crippen LogP contribution in [-0.4, -0.2) is 11.5 Å². The number of anilines is 1. The number of benzene rings is 1. The summed E-state index contributed by atoms with van der Waals surface area (Å²) in [6.45, 7) is -1.35. The van der Waals surface area contributed by atoms with Crippen molar-refractivity contribution in [1.29, 1.82) is 0 Å². The molecule has 0 atom stereocenters. The number of hydrogen-bond acceptors (Lipinski definition) is 4. The highest BCUT2D eigenvalue weighted by Crippen LogP contribution is 2.30. The van der Waals surface area contributed by atoms with Gasteiger partial charge in [0.25, 0.3) is 5.70 Å². The molecule has 0 radical (unpaired) electrons. The molecule has 1 aromatic rings. The summed E-state index contributed by atoms with van der Waals surface area (Å²) in [4.78, 5) is 10.1. The minimum Gasteiger partial charge on any atom is -0.433 e. The Bertz CT molecular complexity index is 495. The van der Waals surface area contributed by atoms with Crippen LogP contribution in [0.25, 0.3) is 0 Å². The molecule has 1 aromatic carbocycles. The first-order valence-corrected chi connectivity index (χ1v) is 6.07. The number of nitrogens with one attached hydrogen (secondary N) is 1. The standard InChI is InChI=1S/C11H11BrF2N2O3/c1-2-8(16(17)18)6-15-9-4-3-7(12)5-10(9)19-11(13)14/h3-6,11,15H,2H2,1H3. The molecule has 1 rings (SSSR count). The molecule has 0 saturated carbocycles. The zero-order valence-corrected chi connectivity index (χ0v) is 11.5. The van der Waals surface area contributed by atoms with Gasteiger partial charge in [-0.15, -0.1) is 0 Å². The number of halogens is 3. The Balaban J connectivity index is 2.97. The zero-order chi connectivity index (χ0) is 14.4. The van der Waals surface area contributed by atoms with Crippen molar-refractivity contribution < 1.29 is 18.4 Å². The molecule has 0 saturated heterocycles. The van der Waals surface area contributed by atoms with E-state index in [1.54, 1.807) is 13.0 Å². The van der Waals surface area contributed by atoms with E-state index in [0.29, 0.717) is 4.47 Å². The second-order valence-corrected chi connectivity index (χ2v) is 4.33. The van der Waals surface area contributed by atoms with Crippen molar-refractivity contribution in [1.82, 2.24) is 0 Å². The van der Waals surface area contributed by atoms with Crippen LogP contribution in [0.5, 0.6) is 5.75 Å². The van der Waals surface area contributed by atoms with Crippen LogP contribution in [0, 0.1) is 10.1 Å². The molecule has 0 bridgehead atoms. The van der Waals surface area contributed by atoms with Gasteiger partial charge in [0.05, 0.1) is 16.8 Å². The Hall–Kier alpha value is -1.70. The fraction of sp³-hybridized carbons (Fsp3) is 0.273. The van der Waals surface area contributed by atoms with Crippen LogP contribution in [0.15, 0.2) is 34.6 Å². The number of hydrogen-bond donors (Lipinski definition) is 1. The van der Waals surface area contributed by atoms with E-state index in [1.807, 2.05) is 0 Å². The van der Waals surface area contributed by atoms with Gasteiger partial charge in [0.2, 0.25) is 0 Å². The molecule has 8 heteroatoms. The molecule has 0 unspecified atom stereocenters. The van der Waals surface area contributed by atoms with Gasteiger partial charge in [0.15, 0.2) is 5.75 Å². The summed E-state index contributed by atoms with van der Waals surface area (Å²) in [6.07, 6.45) is 1.36. The van der Waals surface area contributed by atoms with Crippen molar-refractivity contribution in [2.75, 3.05) is 5.32 Å². The number of nitro groups is 1. The Morgan fingerprint density at radius 3 is 2.84 bits per heavy atom. The van der Waals surface area contributed by atoms with E-state index in [1.165, 1.54) is 12.1 Å². The van der Waals surface area contributed by atoms with Crippen LogP contribution < -0.4 is 10.1 Å². The zero-order valence-electron chi connectivity index (χ0n) is 9.90. The van der Waals surface area contributed by atoms with Crippen LogP contribution in [0.4, 0.5) is 14.5 Å². The Morgan fingerprint density at radius 1 is 1.63 bits per heavy atom. The van der Waals surface area contributed by atoms with Gasteiger partial charge in [-0.25, -0.2) is 0 Å². The van der Waals surface area contributed by atoms with E-state index in [-0.39, 0.29) is 23.6 Å². The van der Waals surface area contributed by atoms with E-state index in [0.717, 1.165) is 6.20 Å². The fourth-order valence-corrected chi connectivity index (χ4v) is 1.59. The van der Waals surface area contributed by atoms with Crippen LogP contribution in [0.1, 0.15) is 13.3 Å². The summed E-state index contributed by atoms with van der Waals surface area (Å²) >= 11 is 3.13. The normalized spacial score (nSPS) is 11.5. The lowest BCUT2D eigenvalue weighted by Crippen LogP contribution is -2.05. The molecule has 1 N–H and O–H groups in total. The van der Waals surface area contributed by atoms with E-state index in [2.05, 4.69) is 26.0 Å². The lowest BCUT2D eigenvalue weighted by atomic mass is 10.3. The first-order valence-electron chi connectivity index (χ1n) is 5.28. The van der Waals surface area contributed by atoms with Gasteiger partial charge in [-0.05, 0) is 18.2 Å². The number of ether oxygens (including phenoxy) is 1. The van der Waals surface area contributed by atoms with Crippen LogP contribution in [0.3, 0.4) is 0 Å². The molecular weight excluding hydrogens is 326 g/mol. The van der Waals surface area contributed by atoms with Gasteiger partial charge in [0, 0.05) is 10.9 Å². The van der Waals surface area contributed by atoms with E-state index < -0.39 is 11.5 Å². The molecule has 0 aliphatic heterocycles. The smallest absolute Gasteiger partial charge is 0.387 e. The second kappa shape index (κ2) is 7.03. The van der Waals surface area contributed by atoms with Gasteiger partial charge in [0.1, 0.15) is 0 Å². The van der Waals surface area contributed by atoms with E-state index >= 15 is 0 Å². The molecule has 0 aromatic heterocycles. The third kappa shape index (κ3) is 4.82. The first kappa shape index (κ1) is 15.4. The Labute approximate surface area is 116 Å². The molecule has 104 valence electrons. The van der Waals surface area contributed by atoms with Crippen LogP contribution in [-0.2, 0) is 0 Å². The van der Waals surface area contributed by atoms with Gasteiger partial charge >= 0.3 is 6.61 Å². The minimum atomic E-state index is -2.97. The van der Waals surface area contributed by atoms with Crippen molar-refractivity contribution in [3.8, 4) is 5.75 Å². The maximum absolute atomic E-state index is 12.2. The maximum Gasteiger partial charge on any atom is 0.387 e. The summed E-state index contributed by atoms with van der Waals surface area (Å²) in [5.41, 5.74) is 0.155. The molecule has 0 heterocycles. The highest BCUT2D eigenvalue weighted by atomic mass is 79.9. The SMILES string of the molecule is CCC(=CNc1ccc(Br)cc1OC(F)F)[N+](=O)[O-]. The predicted octanol–water partition coefficient (Wildman–Crippen LogP) is 3.99. The quantitative estimate of drug-likeness (QED) is 0.630. The summed E-state index contributed by atoms with van der Waals surface area (Å²) in [7, 11) is 0. The van der Waals surface area contributed by atoms with Gasteiger partial charge < -0.3 is 10.1 Å². The lowest BCUT2D eigenvalue weighted by Gasteiger charge is -2.10. The highest BCUT2D eigenvalue weighted by molar-refractivity contribution is 9.10. The van der Waals surface area contributed by atoms with Crippen molar-refractivity contribution in [3.63, 3.8) is 0 Å². The summed E-state index contributed by atoms with van der Waals surface area (Å²) in [5.74, 6) is -0.0978. The van der Waals surface area contributed by atoms with Gasteiger partial charge in [-0.2, -0.15) is 8.78 Å². The lowest BCUT2D eigenvalue weighted by molar-refractivity contribution is -0.427. The highest BCUT2D eigenvalue weighted by Gasteiger charge is 2.11. The topological polar surface area (TPSA) is 64.4 Å². The number of alkyl halides is 2. The van der Waals surface area contributed by atoms with Crippen LogP contribution in [0.2, 0.25) is 0 Å². The summed E-state index contributed by atoms with van der Waals surface area (Å²) < 4.78 is 29.4. The van der Waals surface area contributed by atoms with Gasteiger partial charge in [-0.1, -0.05) is 22.9 Å². The van der Waals surface area contributed by atoms with Crippen molar-refractivity contribution in [3.05, 3.63) is 44.7 Å². The molecule has 0 aliphatic carbocycles. The minimum absolute atomic E-state index is 0.0640. The third-order valence-corrected chi connectivity index (χ3v) is 2.64. The molecule has 0 aliphatic rings. The maximum atomic E-state index is 12.2. The van der Waals surface area contributed by atoms with Crippen molar-refractivity contribution >= 4 is 21.6 Å². The van der Waals surface area contributed by atoms with Crippen molar-refractivity contribution in [2.45, 2.75) is 20.0 Å². The number of nitrogens with zero attached hydrogens (tertiary/aromatic N) is 1. The van der Waals surface area contributed by atoms with Crippen LogP contribution >= 0.6 is 15.9 Å². The number of allylic oxidation sites excluding steroid dienone is 1. The predicted molar refractivity (Wildman–Crippen MR) is 69.8 cm³/mol. The van der Waals surface area contributed by atoms with E-state index in [9.17, 15) is 18.9 Å². The number of rotatable bonds is 6. The third-order valence-electron chi connectivity index (χ3n) is 2.15. The molecule has 0 fully saturated rings. The molecule has 19 heavy (non-hydrogen) atoms. The summed E-state index contributed by atoms with van der Waals surface area (Å²) in [5, 5.41) is 13.2. The average Bonchev–Trinajstić information content (AvgIpc) is 2.31. The molecular formula is C11H11BrF2N2O3. The second-order valence-electron chi connectivity index (χ2n) is 3.41. The molecule has 0 spiro atoms. The fourth-order valence-electron chi connectivity index (χ4n) is 1.25. The largest absolute Gasteiger partial charge is 0.433 e. The van der Waals surface area contributed by atoms with Crippen molar-refractivity contribution in [2.24, 2.45) is 0 Å². The Kier molecular flexibility index (Phi) is 5.68. The first-order chi connectivity index (χ1) is 8.93.